The number of aliphatic imine (C=N–C) groups is 1. The summed E-state index contributed by atoms with van der Waals surface area (Å²) >= 11 is 0. The third-order valence-corrected chi connectivity index (χ3v) is 10.1. The van der Waals surface area contributed by atoms with Crippen LogP contribution in [0.4, 0.5) is 0 Å². The topological polar surface area (TPSA) is 93.5 Å². The molecule has 0 bridgehead atoms. The maximum absolute atomic E-state index is 14.3. The lowest BCUT2D eigenvalue weighted by Gasteiger charge is -2.39. The highest BCUT2D eigenvalue weighted by atomic mass is 16.4. The molecule has 8 heteroatoms. The van der Waals surface area contributed by atoms with Gasteiger partial charge in [0, 0.05) is 12.1 Å². The molecule has 0 radical (unpaired) electrons. The highest BCUT2D eigenvalue weighted by Gasteiger charge is 2.53. The Bertz CT molecular complexity index is 910. The second kappa shape index (κ2) is 12.0. The normalized spacial score (nSPS) is 33.2. The molecule has 0 spiro atoms. The Morgan fingerprint density at radius 3 is 2.24 bits per heavy atom. The highest BCUT2D eigenvalue weighted by molar-refractivity contribution is 6.08. The fourth-order valence-corrected chi connectivity index (χ4v) is 8.14. The van der Waals surface area contributed by atoms with Crippen LogP contribution in [-0.2, 0) is 14.4 Å². The predicted molar refractivity (Wildman–Crippen MR) is 147 cm³/mol. The Kier molecular flexibility index (Phi) is 8.63. The van der Waals surface area contributed by atoms with Gasteiger partial charge in [-0.05, 0) is 64.2 Å². The number of guanidine groups is 1. The number of amides is 2. The summed E-state index contributed by atoms with van der Waals surface area (Å²) in [5, 5.41) is 10.1. The van der Waals surface area contributed by atoms with Gasteiger partial charge in [0.25, 0.3) is 5.91 Å². The molecule has 0 unspecified atom stereocenters. The SMILES string of the molecule is CCC[C@H]1C(=O)N(C2CCCCC2)C(=NC2CCCCC2)N1[C@@H](C)C(=O)N1[C@H](C(=O)O)C[C@@H]2CCCC[C@@H]21. The van der Waals surface area contributed by atoms with E-state index in [0.29, 0.717) is 18.8 Å². The molecule has 1 N–H and O–H groups in total. The van der Waals surface area contributed by atoms with Crippen molar-refractivity contribution in [3.05, 3.63) is 0 Å². The van der Waals surface area contributed by atoms with Crippen molar-refractivity contribution in [3.63, 3.8) is 0 Å². The van der Waals surface area contributed by atoms with Crippen molar-refractivity contribution in [3.8, 4) is 0 Å². The number of fused-ring (bicyclic) bond motifs is 1. The summed E-state index contributed by atoms with van der Waals surface area (Å²) in [5.74, 6) is 0.0332. The van der Waals surface area contributed by atoms with Crippen molar-refractivity contribution in [2.24, 2.45) is 10.9 Å². The van der Waals surface area contributed by atoms with Crippen LogP contribution < -0.4 is 0 Å². The lowest BCUT2D eigenvalue weighted by atomic mass is 9.84. The van der Waals surface area contributed by atoms with Gasteiger partial charge in [0.15, 0.2) is 0 Å². The number of carbonyl (C=O) groups is 3. The van der Waals surface area contributed by atoms with E-state index in [4.69, 9.17) is 4.99 Å². The monoisotopic (exact) mass is 528 g/mol. The zero-order valence-corrected chi connectivity index (χ0v) is 23.5. The first kappa shape index (κ1) is 27.4. The van der Waals surface area contributed by atoms with Crippen molar-refractivity contribution in [2.75, 3.05) is 0 Å². The maximum Gasteiger partial charge on any atom is 0.326 e. The first-order valence-corrected chi connectivity index (χ1v) is 15.7. The van der Waals surface area contributed by atoms with Gasteiger partial charge in [-0.2, -0.15) is 0 Å². The second-order valence-electron chi connectivity index (χ2n) is 12.6. The smallest absolute Gasteiger partial charge is 0.326 e. The molecule has 5 rings (SSSR count). The Balaban J connectivity index is 1.50. The standard InChI is InChI=1S/C30H48N4O4/c1-3-12-25-28(36)33(23-16-8-5-9-17-23)30(31-22-14-6-4-7-15-22)32(25)20(2)27(35)34-24-18-11-10-13-21(24)19-26(34)29(37)38/h20-26H,3-19H2,1-2H3,(H,37,38)/t20-,21-,24-,25-,26-/m0/s1. The highest BCUT2D eigenvalue weighted by Crippen LogP contribution is 2.41. The third-order valence-electron chi connectivity index (χ3n) is 10.1. The van der Waals surface area contributed by atoms with Gasteiger partial charge in [0.2, 0.25) is 11.9 Å². The molecule has 5 aliphatic rings. The largest absolute Gasteiger partial charge is 0.480 e. The molecule has 38 heavy (non-hydrogen) atoms. The molecule has 2 amide bonds. The van der Waals surface area contributed by atoms with Crippen molar-refractivity contribution in [1.82, 2.24) is 14.7 Å². The van der Waals surface area contributed by atoms with E-state index >= 15 is 0 Å². The minimum Gasteiger partial charge on any atom is -0.480 e. The number of hydrogen-bond donors (Lipinski definition) is 1. The molecule has 0 aromatic heterocycles. The van der Waals surface area contributed by atoms with E-state index in [0.717, 1.165) is 83.5 Å². The molecule has 0 aromatic rings. The Morgan fingerprint density at radius 2 is 1.58 bits per heavy atom. The Hall–Kier alpha value is -2.12. The van der Waals surface area contributed by atoms with Crippen LogP contribution in [0.2, 0.25) is 0 Å². The van der Waals surface area contributed by atoms with Gasteiger partial charge in [-0.25, -0.2) is 9.79 Å². The number of hydrogen-bond acceptors (Lipinski definition) is 4. The number of aliphatic carboxylic acids is 1. The van der Waals surface area contributed by atoms with Gasteiger partial charge in [-0.3, -0.25) is 14.5 Å². The Morgan fingerprint density at radius 1 is 0.947 bits per heavy atom. The number of nitrogens with zero attached hydrogens (tertiary/aromatic N) is 4. The fourth-order valence-electron chi connectivity index (χ4n) is 8.14. The van der Waals surface area contributed by atoms with Crippen LogP contribution in [0.25, 0.3) is 0 Å². The minimum atomic E-state index is -0.900. The molecular formula is C30H48N4O4. The number of carboxylic acids is 1. The van der Waals surface area contributed by atoms with E-state index in [-0.39, 0.29) is 35.9 Å². The van der Waals surface area contributed by atoms with Gasteiger partial charge in [-0.1, -0.05) is 64.7 Å². The van der Waals surface area contributed by atoms with E-state index < -0.39 is 24.1 Å². The molecule has 5 atom stereocenters. The molecule has 2 heterocycles. The first-order chi connectivity index (χ1) is 18.4. The molecular weight excluding hydrogens is 480 g/mol. The van der Waals surface area contributed by atoms with Crippen LogP contribution in [0.3, 0.4) is 0 Å². The maximum atomic E-state index is 14.3. The van der Waals surface area contributed by atoms with E-state index in [1.807, 2.05) is 16.7 Å². The summed E-state index contributed by atoms with van der Waals surface area (Å²) in [6, 6.07) is -1.47. The van der Waals surface area contributed by atoms with Crippen LogP contribution in [0.15, 0.2) is 4.99 Å². The molecule has 212 valence electrons. The number of rotatable bonds is 7. The van der Waals surface area contributed by atoms with Crippen LogP contribution >= 0.6 is 0 Å². The van der Waals surface area contributed by atoms with Gasteiger partial charge in [0.05, 0.1) is 6.04 Å². The minimum absolute atomic E-state index is 0.00379. The summed E-state index contributed by atoms with van der Waals surface area (Å²) in [6.45, 7) is 3.99. The lowest BCUT2D eigenvalue weighted by Crippen LogP contribution is -2.56. The van der Waals surface area contributed by atoms with Crippen molar-refractivity contribution < 1.29 is 19.5 Å². The third kappa shape index (κ3) is 5.21. The first-order valence-electron chi connectivity index (χ1n) is 15.7. The van der Waals surface area contributed by atoms with Gasteiger partial charge in [0.1, 0.15) is 18.1 Å². The molecule has 3 saturated carbocycles. The number of carbonyl (C=O) groups excluding carboxylic acids is 2. The van der Waals surface area contributed by atoms with Crippen LogP contribution in [0.1, 0.15) is 123 Å². The van der Waals surface area contributed by atoms with E-state index in [1.54, 1.807) is 4.90 Å². The number of carboxylic acid groups (broad SMARTS) is 1. The summed E-state index contributed by atoms with van der Waals surface area (Å²) in [5.41, 5.74) is 0. The molecule has 3 aliphatic carbocycles. The summed E-state index contributed by atoms with van der Waals surface area (Å²) in [6.07, 6.45) is 17.1. The molecule has 0 aromatic carbocycles. The lowest BCUT2D eigenvalue weighted by molar-refractivity contribution is -0.152. The predicted octanol–water partition coefficient (Wildman–Crippen LogP) is 4.95. The fraction of sp³-hybridized carbons (Fsp3) is 0.867. The van der Waals surface area contributed by atoms with Crippen LogP contribution in [-0.4, -0.2) is 79.8 Å². The van der Waals surface area contributed by atoms with E-state index in [1.165, 1.54) is 12.8 Å². The summed E-state index contributed by atoms with van der Waals surface area (Å²) in [4.78, 5) is 51.7. The van der Waals surface area contributed by atoms with Crippen molar-refractivity contribution in [2.45, 2.75) is 159 Å². The Labute approximate surface area is 228 Å². The quantitative estimate of drug-likeness (QED) is 0.504. The van der Waals surface area contributed by atoms with Crippen LogP contribution in [0.5, 0.6) is 0 Å². The van der Waals surface area contributed by atoms with Gasteiger partial charge >= 0.3 is 5.97 Å². The summed E-state index contributed by atoms with van der Waals surface area (Å²) < 4.78 is 0. The zero-order valence-electron chi connectivity index (χ0n) is 23.5. The molecule has 2 saturated heterocycles. The molecule has 5 fully saturated rings. The average molecular weight is 529 g/mol. The van der Waals surface area contributed by atoms with Crippen molar-refractivity contribution in [1.29, 1.82) is 0 Å². The molecule has 2 aliphatic heterocycles. The second-order valence-corrected chi connectivity index (χ2v) is 12.6. The van der Waals surface area contributed by atoms with Crippen molar-refractivity contribution >= 4 is 23.7 Å². The van der Waals surface area contributed by atoms with Gasteiger partial charge < -0.3 is 14.9 Å². The van der Waals surface area contributed by atoms with E-state index in [9.17, 15) is 19.5 Å². The molecule has 8 nitrogen and oxygen atoms in total. The summed E-state index contributed by atoms with van der Waals surface area (Å²) in [7, 11) is 0. The van der Waals surface area contributed by atoms with Gasteiger partial charge in [-0.15, -0.1) is 0 Å². The number of likely N-dealkylation sites (tertiary alicyclic amines) is 1. The average Bonchev–Trinajstić information content (AvgIpc) is 3.45. The zero-order chi connectivity index (χ0) is 26.8. The van der Waals surface area contributed by atoms with E-state index in [2.05, 4.69) is 6.92 Å². The van der Waals surface area contributed by atoms with Crippen LogP contribution in [0, 0.1) is 5.92 Å².